The van der Waals surface area contributed by atoms with Gasteiger partial charge in [-0.3, -0.25) is 0 Å². The van der Waals surface area contributed by atoms with Crippen LogP contribution >= 0.6 is 0 Å². The Balaban J connectivity index is 2.66. The summed E-state index contributed by atoms with van der Waals surface area (Å²) in [6, 6.07) is 5.69. The van der Waals surface area contributed by atoms with E-state index < -0.39 is 0 Å². The SMILES string of the molecule is CNCC=Cc1cccc(OC)n1. The molecule has 0 aromatic carbocycles. The van der Waals surface area contributed by atoms with E-state index >= 15 is 0 Å². The van der Waals surface area contributed by atoms with Crippen molar-refractivity contribution in [2.45, 2.75) is 0 Å². The van der Waals surface area contributed by atoms with Crippen molar-refractivity contribution >= 4 is 6.08 Å². The number of rotatable bonds is 4. The van der Waals surface area contributed by atoms with Crippen molar-refractivity contribution in [1.29, 1.82) is 0 Å². The van der Waals surface area contributed by atoms with Crippen LogP contribution in [-0.4, -0.2) is 25.7 Å². The Kier molecular flexibility index (Phi) is 3.99. The van der Waals surface area contributed by atoms with Crippen LogP contribution < -0.4 is 10.1 Å². The molecule has 70 valence electrons. The van der Waals surface area contributed by atoms with Crippen LogP contribution in [-0.2, 0) is 0 Å². The number of nitrogens with zero attached hydrogens (tertiary/aromatic N) is 1. The average molecular weight is 178 g/mol. The summed E-state index contributed by atoms with van der Waals surface area (Å²) in [6.07, 6.45) is 3.97. The van der Waals surface area contributed by atoms with Crippen LogP contribution in [0.4, 0.5) is 0 Å². The number of likely N-dealkylation sites (N-methyl/N-ethyl adjacent to an activating group) is 1. The molecule has 1 aromatic rings. The number of ether oxygens (including phenoxy) is 1. The molecule has 13 heavy (non-hydrogen) atoms. The van der Waals surface area contributed by atoms with E-state index in [1.165, 1.54) is 0 Å². The van der Waals surface area contributed by atoms with E-state index in [4.69, 9.17) is 4.74 Å². The lowest BCUT2D eigenvalue weighted by Gasteiger charge is -1.98. The van der Waals surface area contributed by atoms with E-state index in [2.05, 4.69) is 10.3 Å². The maximum absolute atomic E-state index is 5.00. The number of pyridine rings is 1. The molecular weight excluding hydrogens is 164 g/mol. The summed E-state index contributed by atoms with van der Waals surface area (Å²) < 4.78 is 5.00. The minimum atomic E-state index is 0.645. The highest BCUT2D eigenvalue weighted by Gasteiger charge is 1.91. The molecule has 0 spiro atoms. The largest absolute Gasteiger partial charge is 0.481 e. The van der Waals surface area contributed by atoms with Crippen LogP contribution in [0.1, 0.15) is 5.69 Å². The van der Waals surface area contributed by atoms with Crippen LogP contribution in [0.25, 0.3) is 6.08 Å². The fourth-order valence-corrected chi connectivity index (χ4v) is 0.935. The first-order valence-electron chi connectivity index (χ1n) is 4.19. The van der Waals surface area contributed by atoms with Crippen molar-refractivity contribution in [3.8, 4) is 5.88 Å². The summed E-state index contributed by atoms with van der Waals surface area (Å²) in [4.78, 5) is 4.23. The second-order valence-electron chi connectivity index (χ2n) is 2.56. The molecule has 0 fully saturated rings. The van der Waals surface area contributed by atoms with Gasteiger partial charge in [0.05, 0.1) is 12.8 Å². The maximum atomic E-state index is 5.00. The average Bonchev–Trinajstić information content (AvgIpc) is 2.19. The van der Waals surface area contributed by atoms with Gasteiger partial charge in [-0.25, -0.2) is 4.98 Å². The number of hydrogen-bond donors (Lipinski definition) is 1. The lowest BCUT2D eigenvalue weighted by atomic mass is 10.3. The molecular formula is C10H14N2O. The van der Waals surface area contributed by atoms with E-state index in [0.717, 1.165) is 12.2 Å². The third kappa shape index (κ3) is 3.25. The first kappa shape index (κ1) is 9.74. The molecule has 0 amide bonds. The lowest BCUT2D eigenvalue weighted by molar-refractivity contribution is 0.397. The van der Waals surface area contributed by atoms with Gasteiger partial charge in [0.15, 0.2) is 0 Å². The molecule has 0 aliphatic heterocycles. The molecule has 1 rings (SSSR count). The standard InChI is InChI=1S/C10H14N2O/c1-11-8-4-6-9-5-3-7-10(12-9)13-2/h3-7,11H,8H2,1-2H3. The van der Waals surface area contributed by atoms with Gasteiger partial charge < -0.3 is 10.1 Å². The predicted octanol–water partition coefficient (Wildman–Crippen LogP) is 1.32. The van der Waals surface area contributed by atoms with Gasteiger partial charge >= 0.3 is 0 Å². The topological polar surface area (TPSA) is 34.1 Å². The molecule has 3 heteroatoms. The number of hydrogen-bond acceptors (Lipinski definition) is 3. The zero-order valence-electron chi connectivity index (χ0n) is 7.95. The minimum absolute atomic E-state index is 0.645. The molecule has 0 aliphatic rings. The first-order chi connectivity index (χ1) is 6.36. The smallest absolute Gasteiger partial charge is 0.213 e. The molecule has 1 heterocycles. The van der Waals surface area contributed by atoms with E-state index in [9.17, 15) is 0 Å². The molecule has 0 saturated carbocycles. The zero-order valence-corrected chi connectivity index (χ0v) is 7.95. The van der Waals surface area contributed by atoms with Crippen molar-refractivity contribution in [3.05, 3.63) is 30.0 Å². The van der Waals surface area contributed by atoms with Crippen molar-refractivity contribution in [2.75, 3.05) is 20.7 Å². The van der Waals surface area contributed by atoms with E-state index in [1.807, 2.05) is 37.4 Å². The van der Waals surface area contributed by atoms with Gasteiger partial charge in [-0.2, -0.15) is 0 Å². The maximum Gasteiger partial charge on any atom is 0.213 e. The van der Waals surface area contributed by atoms with Crippen LogP contribution in [0.5, 0.6) is 5.88 Å². The summed E-state index contributed by atoms with van der Waals surface area (Å²) in [5.74, 6) is 0.645. The third-order valence-electron chi connectivity index (χ3n) is 1.56. The summed E-state index contributed by atoms with van der Waals surface area (Å²) in [7, 11) is 3.52. The van der Waals surface area contributed by atoms with Gasteiger partial charge in [-0.1, -0.05) is 12.1 Å². The van der Waals surface area contributed by atoms with Crippen molar-refractivity contribution in [3.63, 3.8) is 0 Å². The second kappa shape index (κ2) is 5.32. The van der Waals surface area contributed by atoms with E-state index in [1.54, 1.807) is 7.11 Å². The molecule has 3 nitrogen and oxygen atoms in total. The van der Waals surface area contributed by atoms with E-state index in [0.29, 0.717) is 5.88 Å². The van der Waals surface area contributed by atoms with Gasteiger partial charge in [0.2, 0.25) is 5.88 Å². The van der Waals surface area contributed by atoms with Gasteiger partial charge in [0.25, 0.3) is 0 Å². The summed E-state index contributed by atoms with van der Waals surface area (Å²) >= 11 is 0. The molecule has 0 atom stereocenters. The van der Waals surface area contributed by atoms with Gasteiger partial charge in [0.1, 0.15) is 0 Å². The van der Waals surface area contributed by atoms with Crippen molar-refractivity contribution in [1.82, 2.24) is 10.3 Å². The fraction of sp³-hybridized carbons (Fsp3) is 0.300. The number of nitrogens with one attached hydrogen (secondary N) is 1. The Morgan fingerprint density at radius 1 is 1.54 bits per heavy atom. The van der Waals surface area contributed by atoms with Gasteiger partial charge in [-0.05, 0) is 19.2 Å². The van der Waals surface area contributed by atoms with Crippen LogP contribution in [0, 0.1) is 0 Å². The Morgan fingerprint density at radius 2 is 2.38 bits per heavy atom. The quantitative estimate of drug-likeness (QED) is 0.755. The van der Waals surface area contributed by atoms with E-state index in [-0.39, 0.29) is 0 Å². The molecule has 0 unspecified atom stereocenters. The summed E-state index contributed by atoms with van der Waals surface area (Å²) in [6.45, 7) is 0.846. The second-order valence-corrected chi connectivity index (χ2v) is 2.56. The zero-order chi connectivity index (χ0) is 9.52. The van der Waals surface area contributed by atoms with Crippen LogP contribution in [0.15, 0.2) is 24.3 Å². The molecule has 1 N–H and O–H groups in total. The predicted molar refractivity (Wildman–Crippen MR) is 53.7 cm³/mol. The normalized spacial score (nSPS) is 10.6. The number of aromatic nitrogens is 1. The lowest BCUT2D eigenvalue weighted by Crippen LogP contribution is -2.03. The van der Waals surface area contributed by atoms with Crippen molar-refractivity contribution < 1.29 is 4.74 Å². The Bertz CT molecular complexity index is 284. The molecule has 0 saturated heterocycles. The Labute approximate surface area is 78.4 Å². The monoisotopic (exact) mass is 178 g/mol. The fourth-order valence-electron chi connectivity index (χ4n) is 0.935. The van der Waals surface area contributed by atoms with Crippen LogP contribution in [0.3, 0.4) is 0 Å². The third-order valence-corrected chi connectivity index (χ3v) is 1.56. The van der Waals surface area contributed by atoms with Gasteiger partial charge in [0, 0.05) is 12.6 Å². The summed E-state index contributed by atoms with van der Waals surface area (Å²) in [5.41, 5.74) is 0.912. The van der Waals surface area contributed by atoms with Crippen molar-refractivity contribution in [2.24, 2.45) is 0 Å². The number of methoxy groups -OCH3 is 1. The minimum Gasteiger partial charge on any atom is -0.481 e. The van der Waals surface area contributed by atoms with Crippen LogP contribution in [0.2, 0.25) is 0 Å². The Hall–Kier alpha value is -1.35. The molecule has 0 radical (unpaired) electrons. The summed E-state index contributed by atoms with van der Waals surface area (Å²) in [5, 5.41) is 3.02. The Morgan fingerprint density at radius 3 is 3.08 bits per heavy atom. The highest BCUT2D eigenvalue weighted by Crippen LogP contribution is 2.07. The first-order valence-corrected chi connectivity index (χ1v) is 4.19. The molecule has 0 bridgehead atoms. The highest BCUT2D eigenvalue weighted by molar-refractivity contribution is 5.45. The molecule has 0 aliphatic carbocycles. The van der Waals surface area contributed by atoms with Gasteiger partial charge in [-0.15, -0.1) is 0 Å². The molecule has 1 aromatic heterocycles. The highest BCUT2D eigenvalue weighted by atomic mass is 16.5.